The second kappa shape index (κ2) is 9.25. The maximum atomic E-state index is 12.6. The number of allylic oxidation sites excluding steroid dienone is 2. The van der Waals surface area contributed by atoms with Gasteiger partial charge in [0.1, 0.15) is 0 Å². The first kappa shape index (κ1) is 21.0. The van der Waals surface area contributed by atoms with Gasteiger partial charge in [0.25, 0.3) is 0 Å². The fourth-order valence-electron chi connectivity index (χ4n) is 4.48. The van der Waals surface area contributed by atoms with E-state index in [9.17, 15) is 14.7 Å². The minimum absolute atomic E-state index is 0.266. The van der Waals surface area contributed by atoms with Gasteiger partial charge in [0.2, 0.25) is 5.91 Å². The maximum Gasteiger partial charge on any atom is 0.228 e. The van der Waals surface area contributed by atoms with Crippen molar-refractivity contribution in [2.24, 2.45) is 11.8 Å². The number of rotatable bonds is 5. The lowest BCUT2D eigenvalue weighted by atomic mass is 9.82. The summed E-state index contributed by atoms with van der Waals surface area (Å²) in [5.74, 6) is -2.79. The number of nitrogens with zero attached hydrogens (tertiary/aromatic N) is 2. The highest BCUT2D eigenvalue weighted by atomic mass is 16.4. The molecule has 4 rings (SSSR count). The van der Waals surface area contributed by atoms with Crippen LogP contribution in [0.5, 0.6) is 0 Å². The Labute approximate surface area is 183 Å². The minimum atomic E-state index is -1.16. The number of piperazine rings is 1. The van der Waals surface area contributed by atoms with Crippen molar-refractivity contribution in [2.45, 2.75) is 19.8 Å². The molecule has 0 bridgehead atoms. The molecule has 6 heteroatoms. The summed E-state index contributed by atoms with van der Waals surface area (Å²) >= 11 is 0. The zero-order valence-corrected chi connectivity index (χ0v) is 17.8. The molecule has 6 nitrogen and oxygen atoms in total. The third kappa shape index (κ3) is 4.74. The SMILES string of the molecule is Cc1ccccc1N1CCN(c2ccc(NC(=O)[C@@H]3CC=CC[C@H]3C(=O)[O-])cc2)CC1. The Balaban J connectivity index is 1.34. The molecule has 0 unspecified atom stereocenters. The quantitative estimate of drug-likeness (QED) is 0.756. The Hall–Kier alpha value is -3.28. The van der Waals surface area contributed by atoms with Gasteiger partial charge in [-0.1, -0.05) is 30.4 Å². The first-order valence-electron chi connectivity index (χ1n) is 10.9. The molecule has 0 aromatic heterocycles. The second-order valence-corrected chi connectivity index (χ2v) is 8.27. The first-order chi connectivity index (χ1) is 15.0. The number of benzene rings is 2. The number of carboxylic acid groups (broad SMARTS) is 1. The third-order valence-electron chi connectivity index (χ3n) is 6.31. The van der Waals surface area contributed by atoms with Crippen LogP contribution in [0, 0.1) is 18.8 Å². The summed E-state index contributed by atoms with van der Waals surface area (Å²) in [5.41, 5.74) is 4.40. The van der Waals surface area contributed by atoms with Gasteiger partial charge in [0.15, 0.2) is 0 Å². The zero-order chi connectivity index (χ0) is 21.8. The molecule has 0 radical (unpaired) electrons. The molecule has 1 fully saturated rings. The highest BCUT2D eigenvalue weighted by Gasteiger charge is 2.29. The highest BCUT2D eigenvalue weighted by molar-refractivity contribution is 5.95. The molecule has 0 spiro atoms. The van der Waals surface area contributed by atoms with E-state index in [1.807, 2.05) is 30.3 Å². The summed E-state index contributed by atoms with van der Waals surface area (Å²) in [4.78, 5) is 28.7. The topological polar surface area (TPSA) is 75.7 Å². The fraction of sp³-hybridized carbons (Fsp3) is 0.360. The summed E-state index contributed by atoms with van der Waals surface area (Å²) in [7, 11) is 0. The number of carbonyl (C=O) groups excluding carboxylic acids is 2. The van der Waals surface area contributed by atoms with Gasteiger partial charge in [-0.15, -0.1) is 0 Å². The van der Waals surface area contributed by atoms with Crippen LogP contribution >= 0.6 is 0 Å². The van der Waals surface area contributed by atoms with Crippen molar-refractivity contribution >= 4 is 28.9 Å². The van der Waals surface area contributed by atoms with Crippen molar-refractivity contribution in [3.63, 3.8) is 0 Å². The molecule has 31 heavy (non-hydrogen) atoms. The molecule has 1 heterocycles. The lowest BCUT2D eigenvalue weighted by molar-refractivity contribution is -0.313. The van der Waals surface area contributed by atoms with E-state index in [-0.39, 0.29) is 5.91 Å². The van der Waals surface area contributed by atoms with Crippen molar-refractivity contribution in [1.29, 1.82) is 0 Å². The van der Waals surface area contributed by atoms with E-state index in [2.05, 4.69) is 46.3 Å². The van der Waals surface area contributed by atoms with E-state index in [0.29, 0.717) is 18.5 Å². The Bertz CT molecular complexity index is 962. The number of carbonyl (C=O) groups is 2. The van der Waals surface area contributed by atoms with Gasteiger partial charge in [-0.3, -0.25) is 4.79 Å². The summed E-state index contributed by atoms with van der Waals surface area (Å²) in [6.45, 7) is 5.93. The van der Waals surface area contributed by atoms with Crippen LogP contribution < -0.4 is 20.2 Å². The number of aliphatic carboxylic acids is 1. The van der Waals surface area contributed by atoms with Gasteiger partial charge in [-0.25, -0.2) is 0 Å². The van der Waals surface area contributed by atoms with Gasteiger partial charge in [-0.05, 0) is 55.7 Å². The molecule has 1 aliphatic heterocycles. The second-order valence-electron chi connectivity index (χ2n) is 8.27. The lowest BCUT2D eigenvalue weighted by Crippen LogP contribution is -2.46. The van der Waals surface area contributed by atoms with E-state index in [0.717, 1.165) is 31.9 Å². The van der Waals surface area contributed by atoms with Crippen molar-refractivity contribution in [1.82, 2.24) is 0 Å². The number of anilines is 3. The number of nitrogens with one attached hydrogen (secondary N) is 1. The Morgan fingerprint density at radius 2 is 1.48 bits per heavy atom. The van der Waals surface area contributed by atoms with E-state index in [4.69, 9.17) is 0 Å². The Morgan fingerprint density at radius 1 is 0.871 bits per heavy atom. The van der Waals surface area contributed by atoms with Crippen LogP contribution in [0.2, 0.25) is 0 Å². The Morgan fingerprint density at radius 3 is 2.13 bits per heavy atom. The molecule has 2 aromatic carbocycles. The van der Waals surface area contributed by atoms with E-state index < -0.39 is 17.8 Å². The smallest absolute Gasteiger partial charge is 0.228 e. The van der Waals surface area contributed by atoms with Crippen molar-refractivity contribution in [3.8, 4) is 0 Å². The van der Waals surface area contributed by atoms with Gasteiger partial charge in [0.05, 0.1) is 5.92 Å². The van der Waals surface area contributed by atoms with Gasteiger partial charge in [-0.2, -0.15) is 0 Å². The van der Waals surface area contributed by atoms with E-state index in [1.165, 1.54) is 11.3 Å². The van der Waals surface area contributed by atoms with Crippen LogP contribution in [0.1, 0.15) is 18.4 Å². The van der Waals surface area contributed by atoms with Crippen LogP contribution in [-0.4, -0.2) is 38.1 Å². The van der Waals surface area contributed by atoms with Crippen molar-refractivity contribution < 1.29 is 14.7 Å². The molecule has 2 aromatic rings. The molecule has 2 aliphatic rings. The van der Waals surface area contributed by atoms with Gasteiger partial charge >= 0.3 is 0 Å². The molecule has 1 aliphatic carbocycles. The van der Waals surface area contributed by atoms with Crippen LogP contribution in [0.25, 0.3) is 0 Å². The average Bonchev–Trinajstić information content (AvgIpc) is 2.80. The summed E-state index contributed by atoms with van der Waals surface area (Å²) in [6, 6.07) is 16.3. The molecule has 2 atom stereocenters. The van der Waals surface area contributed by atoms with Crippen molar-refractivity contribution in [3.05, 3.63) is 66.2 Å². The zero-order valence-electron chi connectivity index (χ0n) is 17.8. The van der Waals surface area contributed by atoms with Crippen LogP contribution in [0.15, 0.2) is 60.7 Å². The average molecular weight is 419 g/mol. The largest absolute Gasteiger partial charge is 0.550 e. The third-order valence-corrected chi connectivity index (χ3v) is 6.31. The van der Waals surface area contributed by atoms with Gasteiger partial charge in [0, 0.05) is 55.1 Å². The molecule has 0 saturated carbocycles. The molecular formula is C25H28N3O3-. The fourth-order valence-corrected chi connectivity index (χ4v) is 4.48. The van der Waals surface area contributed by atoms with Gasteiger partial charge < -0.3 is 25.0 Å². The Kier molecular flexibility index (Phi) is 6.26. The number of para-hydroxylation sites is 1. The number of aryl methyl sites for hydroxylation is 1. The highest BCUT2D eigenvalue weighted by Crippen LogP contribution is 2.28. The van der Waals surface area contributed by atoms with Crippen LogP contribution in [0.3, 0.4) is 0 Å². The summed E-state index contributed by atoms with van der Waals surface area (Å²) in [6.07, 6.45) is 4.43. The first-order valence-corrected chi connectivity index (χ1v) is 10.9. The molecule has 1 N–H and O–H groups in total. The summed E-state index contributed by atoms with van der Waals surface area (Å²) < 4.78 is 0. The standard InChI is InChI=1S/C25H29N3O3/c1-18-6-2-5-9-23(18)28-16-14-27(15-17-28)20-12-10-19(11-13-20)26-24(29)21-7-3-4-8-22(21)25(30)31/h2-6,9-13,21-22H,7-8,14-17H2,1H3,(H,26,29)(H,30,31)/p-1/t21-,22-/m1/s1. The normalized spacial score (nSPS) is 21.1. The maximum absolute atomic E-state index is 12.6. The number of hydrogen-bond donors (Lipinski definition) is 1. The molecule has 1 amide bonds. The summed E-state index contributed by atoms with van der Waals surface area (Å²) in [5, 5.41) is 14.2. The minimum Gasteiger partial charge on any atom is -0.550 e. The van der Waals surface area contributed by atoms with E-state index >= 15 is 0 Å². The van der Waals surface area contributed by atoms with Crippen LogP contribution in [0.4, 0.5) is 17.1 Å². The predicted octanol–water partition coefficient (Wildman–Crippen LogP) is 2.59. The number of amides is 1. The monoisotopic (exact) mass is 418 g/mol. The number of carboxylic acids is 1. The predicted molar refractivity (Wildman–Crippen MR) is 121 cm³/mol. The van der Waals surface area contributed by atoms with Crippen LogP contribution in [-0.2, 0) is 9.59 Å². The molecular weight excluding hydrogens is 390 g/mol. The molecule has 1 saturated heterocycles. The van der Waals surface area contributed by atoms with E-state index in [1.54, 1.807) is 6.08 Å². The lowest BCUT2D eigenvalue weighted by Gasteiger charge is -2.38. The molecule has 162 valence electrons. The number of hydrogen-bond acceptors (Lipinski definition) is 5. The van der Waals surface area contributed by atoms with Crippen molar-refractivity contribution in [2.75, 3.05) is 41.3 Å².